The van der Waals surface area contributed by atoms with Crippen LogP contribution >= 0.6 is 11.8 Å². The molecule has 5 aromatic rings. The zero-order valence-electron chi connectivity index (χ0n) is 19.2. The van der Waals surface area contributed by atoms with E-state index in [9.17, 15) is 4.79 Å². The maximum atomic E-state index is 12.1. The molecule has 0 N–H and O–H groups in total. The van der Waals surface area contributed by atoms with E-state index in [-0.39, 0.29) is 5.63 Å². The first-order chi connectivity index (χ1) is 16.5. The van der Waals surface area contributed by atoms with Crippen LogP contribution in [0.4, 0.5) is 0 Å². The van der Waals surface area contributed by atoms with Crippen LogP contribution < -0.4 is 5.63 Å². The van der Waals surface area contributed by atoms with E-state index in [4.69, 9.17) is 9.40 Å². The van der Waals surface area contributed by atoms with Crippen molar-refractivity contribution in [3.8, 4) is 22.5 Å². The first kappa shape index (κ1) is 22.0. The minimum Gasteiger partial charge on any atom is -0.423 e. The van der Waals surface area contributed by atoms with E-state index in [2.05, 4.69) is 60.4 Å². The molecule has 5 rings (SSSR count). The molecular formula is C28H23N3O2S. The number of aromatic nitrogens is 3. The summed E-state index contributed by atoms with van der Waals surface area (Å²) in [6.45, 7) is 6.10. The molecule has 0 atom stereocenters. The highest BCUT2D eigenvalue weighted by molar-refractivity contribution is 7.98. The van der Waals surface area contributed by atoms with Gasteiger partial charge in [-0.15, -0.1) is 10.2 Å². The Labute approximate surface area is 201 Å². The Bertz CT molecular complexity index is 1540. The summed E-state index contributed by atoms with van der Waals surface area (Å²) < 4.78 is 5.39. The van der Waals surface area contributed by atoms with Crippen LogP contribution in [0.2, 0.25) is 0 Å². The smallest absolute Gasteiger partial charge is 0.336 e. The second kappa shape index (κ2) is 9.23. The van der Waals surface area contributed by atoms with Crippen molar-refractivity contribution >= 4 is 22.7 Å². The van der Waals surface area contributed by atoms with Gasteiger partial charge in [0.2, 0.25) is 5.16 Å². The predicted molar refractivity (Wildman–Crippen MR) is 137 cm³/mol. The van der Waals surface area contributed by atoms with Gasteiger partial charge in [0.25, 0.3) is 0 Å². The van der Waals surface area contributed by atoms with Crippen LogP contribution in [-0.4, -0.2) is 15.2 Å². The van der Waals surface area contributed by atoms with Crippen LogP contribution in [0, 0.1) is 20.8 Å². The van der Waals surface area contributed by atoms with Crippen LogP contribution in [0.15, 0.2) is 87.2 Å². The second-order valence-electron chi connectivity index (χ2n) is 8.40. The van der Waals surface area contributed by atoms with Gasteiger partial charge in [0.05, 0.1) is 0 Å². The summed E-state index contributed by atoms with van der Waals surface area (Å²) in [5.41, 5.74) is 8.02. The van der Waals surface area contributed by atoms with Crippen LogP contribution in [-0.2, 0) is 5.75 Å². The van der Waals surface area contributed by atoms with Gasteiger partial charge in [0.15, 0.2) is 0 Å². The average Bonchev–Trinajstić information content (AvgIpc) is 2.83. The summed E-state index contributed by atoms with van der Waals surface area (Å²) in [6, 6.07) is 23.9. The minimum atomic E-state index is -0.359. The van der Waals surface area contributed by atoms with Gasteiger partial charge in [0.1, 0.15) is 17.0 Å². The molecule has 0 amide bonds. The molecule has 0 aliphatic rings. The highest BCUT2D eigenvalue weighted by atomic mass is 32.2. The predicted octanol–water partition coefficient (Wildman–Crippen LogP) is 6.53. The number of aryl methyl sites for hydroxylation is 3. The van der Waals surface area contributed by atoms with Crippen LogP contribution in [0.1, 0.15) is 22.3 Å². The zero-order valence-corrected chi connectivity index (χ0v) is 20.0. The third-order valence-corrected chi connectivity index (χ3v) is 6.55. The summed E-state index contributed by atoms with van der Waals surface area (Å²) in [7, 11) is 0. The quantitative estimate of drug-likeness (QED) is 0.217. The lowest BCUT2D eigenvalue weighted by atomic mass is 10.0. The van der Waals surface area contributed by atoms with E-state index in [1.54, 1.807) is 6.07 Å². The number of hydrogen-bond donors (Lipinski definition) is 0. The summed E-state index contributed by atoms with van der Waals surface area (Å²) >= 11 is 1.45. The van der Waals surface area contributed by atoms with Crippen LogP contribution in [0.5, 0.6) is 0 Å². The van der Waals surface area contributed by atoms with Gasteiger partial charge in [-0.25, -0.2) is 9.78 Å². The topological polar surface area (TPSA) is 68.9 Å². The number of fused-ring (bicyclic) bond motifs is 1. The Morgan fingerprint density at radius 3 is 2.03 bits per heavy atom. The standard InChI is InChI=1S/C28H23N3O2S/c1-17-4-9-20(10-5-17)26-27(21-11-6-18(2)7-12-21)30-31-28(29-26)34-16-22-15-25(32)33-24-14-19(3)8-13-23(22)24/h4-15H,16H2,1-3H3. The van der Waals surface area contributed by atoms with Gasteiger partial charge >= 0.3 is 5.63 Å². The SMILES string of the molecule is Cc1ccc(-c2nnc(SCc3cc(=O)oc4cc(C)ccc34)nc2-c2ccc(C)cc2)cc1. The van der Waals surface area contributed by atoms with Gasteiger partial charge in [-0.3, -0.25) is 0 Å². The fourth-order valence-electron chi connectivity index (χ4n) is 3.79. The molecule has 0 saturated carbocycles. The summed E-state index contributed by atoms with van der Waals surface area (Å²) in [6.07, 6.45) is 0. The van der Waals surface area contributed by atoms with Crippen molar-refractivity contribution < 1.29 is 4.42 Å². The number of nitrogens with zero attached hydrogens (tertiary/aromatic N) is 3. The van der Waals surface area contributed by atoms with Crippen molar-refractivity contribution in [3.05, 3.63) is 105 Å². The van der Waals surface area contributed by atoms with Crippen molar-refractivity contribution in [2.45, 2.75) is 31.7 Å². The molecule has 168 valence electrons. The van der Waals surface area contributed by atoms with Gasteiger partial charge in [0, 0.05) is 28.3 Å². The maximum Gasteiger partial charge on any atom is 0.336 e. The van der Waals surface area contributed by atoms with E-state index >= 15 is 0 Å². The molecule has 2 aromatic heterocycles. The van der Waals surface area contributed by atoms with E-state index < -0.39 is 0 Å². The molecule has 0 saturated heterocycles. The van der Waals surface area contributed by atoms with Crippen molar-refractivity contribution in [2.24, 2.45) is 0 Å². The molecule has 0 bridgehead atoms. The first-order valence-corrected chi connectivity index (χ1v) is 12.0. The molecule has 6 heteroatoms. The molecule has 2 heterocycles. The number of hydrogen-bond acceptors (Lipinski definition) is 6. The molecule has 5 nitrogen and oxygen atoms in total. The van der Waals surface area contributed by atoms with E-state index in [1.807, 2.05) is 37.3 Å². The first-order valence-electron chi connectivity index (χ1n) is 11.0. The molecule has 0 spiro atoms. The van der Waals surface area contributed by atoms with Gasteiger partial charge in [-0.05, 0) is 38.0 Å². The largest absolute Gasteiger partial charge is 0.423 e. The van der Waals surface area contributed by atoms with Crippen LogP contribution in [0.25, 0.3) is 33.5 Å². The van der Waals surface area contributed by atoms with Crippen molar-refractivity contribution in [3.63, 3.8) is 0 Å². The Hall–Kier alpha value is -3.77. The summed E-state index contributed by atoms with van der Waals surface area (Å²) in [4.78, 5) is 17.0. The van der Waals surface area contributed by atoms with Gasteiger partial charge in [-0.1, -0.05) is 83.6 Å². The number of benzene rings is 3. The highest BCUT2D eigenvalue weighted by Crippen LogP contribution is 2.31. The lowest BCUT2D eigenvalue weighted by Crippen LogP contribution is -2.02. The molecule has 3 aromatic carbocycles. The Morgan fingerprint density at radius 2 is 1.35 bits per heavy atom. The monoisotopic (exact) mass is 465 g/mol. The Balaban J connectivity index is 1.52. The molecule has 0 radical (unpaired) electrons. The number of thioether (sulfide) groups is 1. The Morgan fingerprint density at radius 1 is 0.735 bits per heavy atom. The molecule has 0 fully saturated rings. The molecule has 34 heavy (non-hydrogen) atoms. The maximum absolute atomic E-state index is 12.1. The lowest BCUT2D eigenvalue weighted by Gasteiger charge is -2.10. The number of rotatable bonds is 5. The summed E-state index contributed by atoms with van der Waals surface area (Å²) in [5.74, 6) is 0.532. The third-order valence-electron chi connectivity index (χ3n) is 5.66. The summed E-state index contributed by atoms with van der Waals surface area (Å²) in [5, 5.41) is 10.5. The highest BCUT2D eigenvalue weighted by Gasteiger charge is 2.15. The molecule has 0 aliphatic carbocycles. The normalized spacial score (nSPS) is 11.1. The lowest BCUT2D eigenvalue weighted by molar-refractivity contribution is 0.559. The average molecular weight is 466 g/mol. The van der Waals surface area contributed by atoms with Crippen LogP contribution in [0.3, 0.4) is 0 Å². The van der Waals surface area contributed by atoms with Crippen molar-refractivity contribution in [1.29, 1.82) is 0 Å². The van der Waals surface area contributed by atoms with Crippen molar-refractivity contribution in [1.82, 2.24) is 15.2 Å². The Kier molecular flexibility index (Phi) is 5.99. The van der Waals surface area contributed by atoms with Gasteiger partial charge < -0.3 is 4.42 Å². The zero-order chi connectivity index (χ0) is 23.7. The van der Waals surface area contributed by atoms with E-state index in [1.165, 1.54) is 22.9 Å². The van der Waals surface area contributed by atoms with Gasteiger partial charge in [-0.2, -0.15) is 0 Å². The fourth-order valence-corrected chi connectivity index (χ4v) is 4.57. The molecule has 0 aliphatic heterocycles. The van der Waals surface area contributed by atoms with E-state index in [0.717, 1.165) is 39.0 Å². The minimum absolute atomic E-state index is 0.359. The molecular weight excluding hydrogens is 442 g/mol. The van der Waals surface area contributed by atoms with E-state index in [0.29, 0.717) is 16.5 Å². The second-order valence-corrected chi connectivity index (χ2v) is 9.35. The fraction of sp³-hybridized carbons (Fsp3) is 0.143. The third kappa shape index (κ3) is 4.63. The van der Waals surface area contributed by atoms with Crippen molar-refractivity contribution in [2.75, 3.05) is 0 Å². The molecule has 0 unspecified atom stereocenters.